The standard InChI is InChI=1S/C18H23NO2S/c1-3-5-8-15-11-13-17(14-12-15)22(20,21)19-18-10-7-6-9-16(18)4-2/h6-7,9-14,19H,3-5,8H2,1-2H3. The number of hydrogen-bond donors (Lipinski definition) is 1. The van der Waals surface area contributed by atoms with Crippen LogP contribution in [0.25, 0.3) is 0 Å². The Labute approximate surface area is 133 Å². The van der Waals surface area contributed by atoms with Gasteiger partial charge in [0.25, 0.3) is 10.0 Å². The quantitative estimate of drug-likeness (QED) is 0.823. The summed E-state index contributed by atoms with van der Waals surface area (Å²) in [6.45, 7) is 4.16. The zero-order chi connectivity index (χ0) is 16.0. The van der Waals surface area contributed by atoms with Gasteiger partial charge in [-0.25, -0.2) is 8.42 Å². The van der Waals surface area contributed by atoms with Crippen LogP contribution in [0.2, 0.25) is 0 Å². The third-order valence-electron chi connectivity index (χ3n) is 3.70. The summed E-state index contributed by atoms with van der Waals surface area (Å²) in [5.41, 5.74) is 2.82. The molecule has 0 spiro atoms. The fourth-order valence-electron chi connectivity index (χ4n) is 2.35. The maximum absolute atomic E-state index is 12.5. The van der Waals surface area contributed by atoms with Crippen LogP contribution in [0.3, 0.4) is 0 Å². The van der Waals surface area contributed by atoms with Crippen LogP contribution in [0.4, 0.5) is 5.69 Å². The number of para-hydroxylation sites is 1. The first-order chi connectivity index (χ1) is 10.6. The minimum atomic E-state index is -3.53. The lowest BCUT2D eigenvalue weighted by molar-refractivity contribution is 0.601. The third-order valence-corrected chi connectivity index (χ3v) is 5.08. The van der Waals surface area contributed by atoms with Gasteiger partial charge in [0.05, 0.1) is 10.6 Å². The summed E-state index contributed by atoms with van der Waals surface area (Å²) in [6, 6.07) is 14.7. The first-order valence-electron chi connectivity index (χ1n) is 7.76. The fraction of sp³-hybridized carbons (Fsp3) is 0.333. The van der Waals surface area contributed by atoms with Gasteiger partial charge in [-0.3, -0.25) is 4.72 Å². The van der Waals surface area contributed by atoms with Crippen LogP contribution in [0.1, 0.15) is 37.8 Å². The van der Waals surface area contributed by atoms with Crippen LogP contribution in [0, 0.1) is 0 Å². The first kappa shape index (κ1) is 16.6. The van der Waals surface area contributed by atoms with Gasteiger partial charge in [0, 0.05) is 0 Å². The summed E-state index contributed by atoms with van der Waals surface area (Å²) in [5.74, 6) is 0. The van der Waals surface area contributed by atoms with Crippen molar-refractivity contribution in [1.82, 2.24) is 0 Å². The minimum Gasteiger partial charge on any atom is -0.279 e. The predicted octanol–water partition coefficient (Wildman–Crippen LogP) is 4.39. The molecule has 0 atom stereocenters. The molecule has 0 saturated carbocycles. The van der Waals surface area contributed by atoms with Crippen molar-refractivity contribution in [3.8, 4) is 0 Å². The number of rotatable bonds is 7. The molecule has 0 fully saturated rings. The van der Waals surface area contributed by atoms with Crippen LogP contribution < -0.4 is 4.72 Å². The Morgan fingerprint density at radius 1 is 0.955 bits per heavy atom. The van der Waals surface area contributed by atoms with E-state index in [1.807, 2.05) is 37.3 Å². The van der Waals surface area contributed by atoms with E-state index in [2.05, 4.69) is 11.6 Å². The van der Waals surface area contributed by atoms with Crippen LogP contribution in [-0.2, 0) is 22.9 Å². The summed E-state index contributed by atoms with van der Waals surface area (Å²) in [6.07, 6.45) is 4.03. The Morgan fingerprint density at radius 2 is 1.64 bits per heavy atom. The highest BCUT2D eigenvalue weighted by molar-refractivity contribution is 7.92. The smallest absolute Gasteiger partial charge is 0.261 e. The second-order valence-electron chi connectivity index (χ2n) is 5.36. The van der Waals surface area contributed by atoms with E-state index < -0.39 is 10.0 Å². The van der Waals surface area contributed by atoms with Crippen molar-refractivity contribution in [2.45, 2.75) is 44.4 Å². The Kier molecular flexibility index (Phi) is 5.61. The Hall–Kier alpha value is -1.81. The molecule has 0 radical (unpaired) electrons. The number of benzene rings is 2. The van der Waals surface area contributed by atoms with Crippen molar-refractivity contribution in [2.24, 2.45) is 0 Å². The first-order valence-corrected chi connectivity index (χ1v) is 9.24. The molecule has 2 aromatic carbocycles. The molecule has 1 N–H and O–H groups in total. The number of sulfonamides is 1. The minimum absolute atomic E-state index is 0.304. The lowest BCUT2D eigenvalue weighted by Gasteiger charge is -2.12. The van der Waals surface area contributed by atoms with Crippen molar-refractivity contribution >= 4 is 15.7 Å². The molecule has 22 heavy (non-hydrogen) atoms. The molecule has 4 heteroatoms. The highest BCUT2D eigenvalue weighted by Crippen LogP contribution is 2.21. The molecule has 2 aromatic rings. The lowest BCUT2D eigenvalue weighted by atomic mass is 10.1. The average molecular weight is 317 g/mol. The largest absolute Gasteiger partial charge is 0.279 e. The molecule has 3 nitrogen and oxygen atoms in total. The molecule has 0 unspecified atom stereocenters. The lowest BCUT2D eigenvalue weighted by Crippen LogP contribution is -2.14. The van der Waals surface area contributed by atoms with Gasteiger partial charge in [0.1, 0.15) is 0 Å². The van der Waals surface area contributed by atoms with Gasteiger partial charge in [0.15, 0.2) is 0 Å². The SMILES string of the molecule is CCCCc1ccc(S(=O)(=O)Nc2ccccc2CC)cc1. The van der Waals surface area contributed by atoms with E-state index in [-0.39, 0.29) is 0 Å². The van der Waals surface area contributed by atoms with Crippen molar-refractivity contribution in [2.75, 3.05) is 4.72 Å². The number of hydrogen-bond acceptors (Lipinski definition) is 2. The Morgan fingerprint density at radius 3 is 2.27 bits per heavy atom. The number of aryl methyl sites for hydroxylation is 2. The average Bonchev–Trinajstić information content (AvgIpc) is 2.53. The fourth-order valence-corrected chi connectivity index (χ4v) is 3.45. The monoisotopic (exact) mass is 317 g/mol. The van der Waals surface area contributed by atoms with E-state index in [4.69, 9.17) is 0 Å². The zero-order valence-electron chi connectivity index (χ0n) is 13.2. The molecule has 0 aliphatic rings. The Bertz CT molecular complexity index is 706. The summed E-state index contributed by atoms with van der Waals surface area (Å²) < 4.78 is 27.7. The molecular weight excluding hydrogens is 294 g/mol. The van der Waals surface area contributed by atoms with E-state index in [0.29, 0.717) is 10.6 Å². The highest BCUT2D eigenvalue weighted by atomic mass is 32.2. The van der Waals surface area contributed by atoms with Gasteiger partial charge < -0.3 is 0 Å². The molecule has 0 aromatic heterocycles. The molecular formula is C18H23NO2S. The Balaban J connectivity index is 2.19. The summed E-state index contributed by atoms with van der Waals surface area (Å²) >= 11 is 0. The number of nitrogens with one attached hydrogen (secondary N) is 1. The second kappa shape index (κ2) is 7.45. The number of anilines is 1. The van der Waals surface area contributed by atoms with E-state index >= 15 is 0 Å². The van der Waals surface area contributed by atoms with Crippen molar-refractivity contribution in [3.05, 3.63) is 59.7 Å². The topological polar surface area (TPSA) is 46.2 Å². The molecule has 0 amide bonds. The van der Waals surface area contributed by atoms with Crippen LogP contribution in [0.15, 0.2) is 53.4 Å². The molecule has 0 aliphatic carbocycles. The highest BCUT2D eigenvalue weighted by Gasteiger charge is 2.15. The van der Waals surface area contributed by atoms with E-state index in [1.165, 1.54) is 5.56 Å². The summed E-state index contributed by atoms with van der Waals surface area (Å²) in [7, 11) is -3.53. The maximum Gasteiger partial charge on any atom is 0.261 e. The molecule has 0 bridgehead atoms. The van der Waals surface area contributed by atoms with Gasteiger partial charge in [-0.15, -0.1) is 0 Å². The zero-order valence-corrected chi connectivity index (χ0v) is 14.0. The summed E-state index contributed by atoms with van der Waals surface area (Å²) in [4.78, 5) is 0.304. The van der Waals surface area contributed by atoms with Gasteiger partial charge in [-0.05, 0) is 48.6 Å². The van der Waals surface area contributed by atoms with E-state index in [9.17, 15) is 8.42 Å². The predicted molar refractivity (Wildman–Crippen MR) is 91.7 cm³/mol. The number of unbranched alkanes of at least 4 members (excludes halogenated alkanes) is 1. The van der Waals surface area contributed by atoms with Crippen molar-refractivity contribution in [1.29, 1.82) is 0 Å². The molecule has 0 heterocycles. The molecule has 0 saturated heterocycles. The normalized spacial score (nSPS) is 11.4. The van der Waals surface area contributed by atoms with Crippen molar-refractivity contribution in [3.63, 3.8) is 0 Å². The molecule has 2 rings (SSSR count). The van der Waals surface area contributed by atoms with Crippen LogP contribution in [0.5, 0.6) is 0 Å². The third kappa shape index (κ3) is 4.10. The van der Waals surface area contributed by atoms with Crippen molar-refractivity contribution < 1.29 is 8.42 Å². The molecule has 0 aliphatic heterocycles. The van der Waals surface area contributed by atoms with Gasteiger partial charge in [-0.1, -0.05) is 50.6 Å². The van der Waals surface area contributed by atoms with Gasteiger partial charge >= 0.3 is 0 Å². The maximum atomic E-state index is 12.5. The van der Waals surface area contributed by atoms with Crippen LogP contribution in [-0.4, -0.2) is 8.42 Å². The van der Waals surface area contributed by atoms with E-state index in [0.717, 1.165) is 31.2 Å². The van der Waals surface area contributed by atoms with Gasteiger partial charge in [0.2, 0.25) is 0 Å². The van der Waals surface area contributed by atoms with Crippen LogP contribution >= 0.6 is 0 Å². The summed E-state index contributed by atoms with van der Waals surface area (Å²) in [5, 5.41) is 0. The molecule has 118 valence electrons. The van der Waals surface area contributed by atoms with Gasteiger partial charge in [-0.2, -0.15) is 0 Å². The second-order valence-corrected chi connectivity index (χ2v) is 7.05. The van der Waals surface area contributed by atoms with E-state index in [1.54, 1.807) is 18.2 Å².